The minimum Gasteiger partial charge on any atom is -0.507 e. The highest BCUT2D eigenvalue weighted by Crippen LogP contribution is 2.43. The number of carbonyl (C=O) groups is 1. The van der Waals surface area contributed by atoms with E-state index in [1.54, 1.807) is 6.07 Å². The number of hydrogen-bond acceptors (Lipinski definition) is 15. The highest BCUT2D eigenvalue weighted by atomic mass is 16.7. The summed E-state index contributed by atoms with van der Waals surface area (Å²) >= 11 is 0. The predicted octanol–water partition coefficient (Wildman–Crippen LogP) is -1.16. The third-order valence-electron chi connectivity index (χ3n) is 7.70. The summed E-state index contributed by atoms with van der Waals surface area (Å²) in [6.07, 6.45) is -15.9. The average molecular weight is 611 g/mol. The lowest BCUT2D eigenvalue weighted by molar-refractivity contribution is -0.318. The van der Waals surface area contributed by atoms with E-state index in [0.717, 1.165) is 6.07 Å². The third-order valence-corrected chi connectivity index (χ3v) is 7.70. The van der Waals surface area contributed by atoms with Gasteiger partial charge in [-0.2, -0.15) is 0 Å². The Balaban J connectivity index is 1.30. The Labute approximate surface area is 245 Å². The first-order chi connectivity index (χ1) is 20.4. The van der Waals surface area contributed by atoms with Crippen LogP contribution in [0, 0.1) is 0 Å². The molecule has 0 spiro atoms. The first-order valence-corrected chi connectivity index (χ1v) is 13.5. The minimum absolute atomic E-state index is 0.0457. The van der Waals surface area contributed by atoms with Crippen LogP contribution in [0.4, 0.5) is 0 Å². The predicted molar refractivity (Wildman–Crippen MR) is 141 cm³/mol. The smallest absolute Gasteiger partial charge is 0.229 e. The zero-order valence-electron chi connectivity index (χ0n) is 23.1. The number of ketones is 1. The lowest BCUT2D eigenvalue weighted by Crippen LogP contribution is -2.61. The van der Waals surface area contributed by atoms with Gasteiger partial charge in [-0.25, -0.2) is 0 Å². The van der Waals surface area contributed by atoms with E-state index >= 15 is 0 Å². The summed E-state index contributed by atoms with van der Waals surface area (Å²) < 4.78 is 33.1. The number of Topliss-reactive ketones (excluding diaryl/α,β-unsaturated/α-hetero) is 1. The maximum atomic E-state index is 12.9. The Hall–Kier alpha value is -3.25. The quantitative estimate of drug-likeness (QED) is 0.185. The van der Waals surface area contributed by atoms with Crippen LogP contribution in [-0.4, -0.2) is 122 Å². The van der Waals surface area contributed by atoms with Crippen LogP contribution >= 0.6 is 0 Å². The van der Waals surface area contributed by atoms with E-state index in [-0.39, 0.29) is 35.0 Å². The molecule has 43 heavy (non-hydrogen) atoms. The molecule has 11 atom stereocenters. The number of fused-ring (bicyclic) bond motifs is 1. The molecule has 236 valence electrons. The third kappa shape index (κ3) is 6.08. The lowest BCUT2D eigenvalue weighted by atomic mass is 9.95. The molecule has 0 bridgehead atoms. The molecule has 0 unspecified atom stereocenters. The van der Waals surface area contributed by atoms with Crippen molar-refractivity contribution in [1.29, 1.82) is 0 Å². The van der Waals surface area contributed by atoms with Gasteiger partial charge >= 0.3 is 0 Å². The molecule has 15 nitrogen and oxygen atoms in total. The number of methoxy groups -OCH3 is 1. The van der Waals surface area contributed by atoms with Crippen molar-refractivity contribution in [2.24, 2.45) is 0 Å². The van der Waals surface area contributed by atoms with Crippen LogP contribution in [0.5, 0.6) is 28.7 Å². The van der Waals surface area contributed by atoms with Crippen LogP contribution in [0.2, 0.25) is 0 Å². The van der Waals surface area contributed by atoms with Crippen LogP contribution in [0.25, 0.3) is 0 Å². The van der Waals surface area contributed by atoms with Crippen molar-refractivity contribution in [3.8, 4) is 28.7 Å². The monoisotopic (exact) mass is 610 g/mol. The molecule has 0 saturated carbocycles. The molecule has 5 rings (SSSR count). The van der Waals surface area contributed by atoms with E-state index in [4.69, 9.17) is 28.4 Å². The van der Waals surface area contributed by atoms with E-state index in [2.05, 4.69) is 0 Å². The number of aliphatic hydroxyl groups is 6. The molecular formula is C28H34O15. The van der Waals surface area contributed by atoms with Gasteiger partial charge in [0.1, 0.15) is 71.6 Å². The molecule has 3 aliphatic rings. The van der Waals surface area contributed by atoms with Gasteiger partial charge in [0, 0.05) is 12.1 Å². The molecule has 0 amide bonds. The molecule has 2 saturated heterocycles. The van der Waals surface area contributed by atoms with Crippen molar-refractivity contribution < 1.29 is 74.1 Å². The summed E-state index contributed by atoms with van der Waals surface area (Å²) in [4.78, 5) is 12.9. The van der Waals surface area contributed by atoms with Crippen LogP contribution < -0.4 is 14.2 Å². The number of phenols is 2. The van der Waals surface area contributed by atoms with Crippen molar-refractivity contribution in [2.75, 3.05) is 13.7 Å². The van der Waals surface area contributed by atoms with E-state index in [1.807, 2.05) is 0 Å². The fourth-order valence-electron chi connectivity index (χ4n) is 5.20. The van der Waals surface area contributed by atoms with Crippen molar-refractivity contribution in [1.82, 2.24) is 0 Å². The molecule has 0 aromatic heterocycles. The van der Waals surface area contributed by atoms with Crippen LogP contribution in [-0.2, 0) is 14.2 Å². The van der Waals surface area contributed by atoms with Crippen molar-refractivity contribution in [3.05, 3.63) is 41.5 Å². The fraction of sp³-hybridized carbons (Fsp3) is 0.536. The van der Waals surface area contributed by atoms with Crippen molar-refractivity contribution in [3.63, 3.8) is 0 Å². The molecule has 0 radical (unpaired) electrons. The van der Waals surface area contributed by atoms with Gasteiger partial charge in [0.05, 0.1) is 26.2 Å². The molecule has 8 N–H and O–H groups in total. The van der Waals surface area contributed by atoms with Gasteiger partial charge in [-0.05, 0) is 24.6 Å². The number of aromatic hydroxyl groups is 2. The Morgan fingerprint density at radius 1 is 0.837 bits per heavy atom. The van der Waals surface area contributed by atoms with E-state index in [9.17, 15) is 45.6 Å². The molecule has 15 heteroatoms. The van der Waals surface area contributed by atoms with Gasteiger partial charge < -0.3 is 69.3 Å². The Morgan fingerprint density at radius 3 is 2.23 bits per heavy atom. The number of aliphatic hydroxyl groups excluding tert-OH is 6. The van der Waals surface area contributed by atoms with Crippen molar-refractivity contribution >= 4 is 5.78 Å². The first kappa shape index (κ1) is 31.2. The second-order valence-electron chi connectivity index (χ2n) is 10.6. The number of benzene rings is 2. The molecule has 2 aromatic rings. The van der Waals surface area contributed by atoms with Crippen LogP contribution in [0.3, 0.4) is 0 Å². The van der Waals surface area contributed by atoms with Gasteiger partial charge in [0.2, 0.25) is 6.29 Å². The Kier molecular flexibility index (Phi) is 8.99. The molecule has 0 aliphatic carbocycles. The largest absolute Gasteiger partial charge is 0.507 e. The maximum absolute atomic E-state index is 12.9. The normalized spacial score (nSPS) is 36.0. The second kappa shape index (κ2) is 12.4. The van der Waals surface area contributed by atoms with Crippen LogP contribution in [0.1, 0.15) is 35.4 Å². The topological polar surface area (TPSA) is 234 Å². The molecular weight excluding hydrogens is 576 g/mol. The van der Waals surface area contributed by atoms with Crippen molar-refractivity contribution in [2.45, 2.75) is 80.9 Å². The Bertz CT molecular complexity index is 1320. The summed E-state index contributed by atoms with van der Waals surface area (Å²) in [5.41, 5.74) is 0.373. The molecule has 2 fully saturated rings. The fourth-order valence-corrected chi connectivity index (χ4v) is 5.20. The van der Waals surface area contributed by atoms with Gasteiger partial charge in [-0.3, -0.25) is 4.79 Å². The van der Waals surface area contributed by atoms with Gasteiger partial charge in [-0.1, -0.05) is 6.07 Å². The minimum atomic E-state index is -1.77. The molecule has 3 aliphatic heterocycles. The highest BCUT2D eigenvalue weighted by molar-refractivity contribution is 6.02. The van der Waals surface area contributed by atoms with E-state index in [0.29, 0.717) is 5.56 Å². The number of rotatable bonds is 7. The van der Waals surface area contributed by atoms with Gasteiger partial charge in [-0.15, -0.1) is 0 Å². The summed E-state index contributed by atoms with van der Waals surface area (Å²) in [7, 11) is 1.39. The number of ether oxygens (including phenoxy) is 6. The van der Waals surface area contributed by atoms with Crippen LogP contribution in [0.15, 0.2) is 30.3 Å². The number of hydrogen-bond donors (Lipinski definition) is 8. The second-order valence-corrected chi connectivity index (χ2v) is 10.6. The zero-order valence-corrected chi connectivity index (χ0v) is 23.1. The van der Waals surface area contributed by atoms with E-state index in [1.165, 1.54) is 32.2 Å². The maximum Gasteiger partial charge on any atom is 0.229 e. The summed E-state index contributed by atoms with van der Waals surface area (Å²) in [5.74, 6) is -0.999. The average Bonchev–Trinajstić information content (AvgIpc) is 2.97. The summed E-state index contributed by atoms with van der Waals surface area (Å²) in [6, 6.07) is 6.90. The zero-order chi connectivity index (χ0) is 31.2. The summed E-state index contributed by atoms with van der Waals surface area (Å²) in [5, 5.41) is 82.2. The SMILES string of the molecule is COc1ccc([C@@H]2CC(=O)c3c(O)cc(O[C@@H]4O[C@H](CO[C@@H]5O[C@@H](C)[C@H](O)[C@@H](O)[C@H]5O)[C@@H](O)[C@@H](O)[C@@H]4O)cc3O2)cc1O. The van der Waals surface area contributed by atoms with Gasteiger partial charge in [0.25, 0.3) is 0 Å². The highest BCUT2D eigenvalue weighted by Gasteiger charge is 2.47. The van der Waals surface area contributed by atoms with Gasteiger partial charge in [0.15, 0.2) is 23.6 Å². The first-order valence-electron chi connectivity index (χ1n) is 13.5. The summed E-state index contributed by atoms with van der Waals surface area (Å²) in [6.45, 7) is 0.964. The lowest BCUT2D eigenvalue weighted by Gasteiger charge is -2.42. The standard InChI is InChI=1S/C28H34O15/c1-10-21(32)23(34)25(36)27(40-10)39-9-19-22(33)24(35)26(37)28(43-19)41-12-6-14(30)20-15(31)8-17(42-18(20)7-12)11-3-4-16(38-2)13(29)5-11/h3-7,10,17,19,21-30,32-37H,8-9H2,1-2H3/t10-,17-,19+,21-,22+,23+,24+,25+,26-,27+,28+/m0/s1. The number of phenolic OH excluding ortho intramolecular Hbond substituents is 2. The Morgan fingerprint density at radius 2 is 1.53 bits per heavy atom. The molecule has 3 heterocycles. The molecule has 2 aromatic carbocycles. The van der Waals surface area contributed by atoms with E-state index < -0.39 is 85.7 Å². The number of carbonyl (C=O) groups excluding carboxylic acids is 1.